The third-order valence-corrected chi connectivity index (χ3v) is 7.74. The molecule has 0 aliphatic carbocycles. The van der Waals surface area contributed by atoms with Gasteiger partial charge in [-0.3, -0.25) is 10.1 Å². The fraction of sp³-hybridized carbons (Fsp3) is 0.161. The molecule has 4 rings (SSSR count). The first-order valence-electron chi connectivity index (χ1n) is 12.6. The van der Waals surface area contributed by atoms with Gasteiger partial charge in [-0.25, -0.2) is 0 Å². The predicted molar refractivity (Wildman–Crippen MR) is 173 cm³/mol. The molecule has 0 spiro atoms. The van der Waals surface area contributed by atoms with E-state index in [1.54, 1.807) is 66.7 Å². The highest BCUT2D eigenvalue weighted by Crippen LogP contribution is 2.47. The van der Waals surface area contributed by atoms with E-state index in [2.05, 4.69) is 24.5 Å². The number of anilines is 1. The van der Waals surface area contributed by atoms with Gasteiger partial charge in [0.2, 0.25) is 0 Å². The van der Waals surface area contributed by atoms with Gasteiger partial charge in [0, 0.05) is 27.4 Å². The first-order chi connectivity index (χ1) is 19.5. The van der Waals surface area contributed by atoms with Gasteiger partial charge in [-0.1, -0.05) is 72.4 Å². The highest BCUT2D eigenvalue weighted by molar-refractivity contribution is 7.80. The van der Waals surface area contributed by atoms with Gasteiger partial charge < -0.3 is 14.8 Å². The number of benzene rings is 4. The normalized spacial score (nSPS) is 10.9. The van der Waals surface area contributed by atoms with E-state index in [0.717, 1.165) is 16.7 Å². The number of thiocarbonyl (C=S) groups is 1. The Kier molecular flexibility index (Phi) is 10.1. The third-order valence-electron chi connectivity index (χ3n) is 6.22. The molecular formula is C31H26Cl4N2O3S. The van der Waals surface area contributed by atoms with E-state index < -0.39 is 5.91 Å². The van der Waals surface area contributed by atoms with Crippen molar-refractivity contribution in [2.45, 2.75) is 33.6 Å². The van der Waals surface area contributed by atoms with Crippen LogP contribution in [0.4, 0.5) is 5.69 Å². The highest BCUT2D eigenvalue weighted by Gasteiger charge is 2.24. The summed E-state index contributed by atoms with van der Waals surface area (Å²) in [6, 6.07) is 19.0. The van der Waals surface area contributed by atoms with E-state index in [9.17, 15) is 4.79 Å². The molecule has 0 fully saturated rings. The zero-order chi connectivity index (χ0) is 29.8. The molecule has 0 saturated heterocycles. The van der Waals surface area contributed by atoms with E-state index in [-0.39, 0.29) is 11.0 Å². The smallest absolute Gasteiger partial charge is 0.258 e. The molecule has 0 atom stereocenters. The number of nitrogens with one attached hydrogen (secondary N) is 2. The zero-order valence-corrected chi connectivity index (χ0v) is 26.4. The van der Waals surface area contributed by atoms with Gasteiger partial charge in [0.05, 0.1) is 20.6 Å². The third kappa shape index (κ3) is 7.26. The van der Waals surface area contributed by atoms with Crippen molar-refractivity contribution in [3.63, 3.8) is 0 Å². The highest BCUT2D eigenvalue weighted by atomic mass is 35.5. The van der Waals surface area contributed by atoms with Crippen molar-refractivity contribution in [2.24, 2.45) is 0 Å². The van der Waals surface area contributed by atoms with E-state index in [0.29, 0.717) is 54.3 Å². The van der Waals surface area contributed by atoms with Crippen LogP contribution in [0.5, 0.6) is 23.0 Å². The topological polar surface area (TPSA) is 59.6 Å². The summed E-state index contributed by atoms with van der Waals surface area (Å²) in [5.41, 5.74) is 3.53. The second-order valence-electron chi connectivity index (χ2n) is 9.48. The molecule has 10 heteroatoms. The molecule has 4 aromatic rings. The molecule has 5 nitrogen and oxygen atoms in total. The Balaban J connectivity index is 1.53. The largest absolute Gasteiger partial charge is 0.457 e. The molecule has 0 aromatic heterocycles. The predicted octanol–water partition coefficient (Wildman–Crippen LogP) is 10.8. The average molecular weight is 648 g/mol. The van der Waals surface area contributed by atoms with Crippen LogP contribution in [-0.2, 0) is 0 Å². The maximum atomic E-state index is 12.5. The quantitative estimate of drug-likeness (QED) is 0.195. The number of amides is 1. The van der Waals surface area contributed by atoms with E-state index in [1.165, 1.54) is 0 Å². The second-order valence-corrected chi connectivity index (χ2v) is 11.5. The van der Waals surface area contributed by atoms with Crippen LogP contribution in [0.1, 0.15) is 46.8 Å². The molecule has 2 N–H and O–H groups in total. The lowest BCUT2D eigenvalue weighted by Gasteiger charge is -2.23. The van der Waals surface area contributed by atoms with Crippen LogP contribution in [0, 0.1) is 13.8 Å². The number of ether oxygens (including phenoxy) is 2. The maximum Gasteiger partial charge on any atom is 0.258 e. The first kappa shape index (κ1) is 30.9. The summed E-state index contributed by atoms with van der Waals surface area (Å²) >= 11 is 30.6. The Morgan fingerprint density at radius 2 is 1.51 bits per heavy atom. The average Bonchev–Trinajstić information content (AvgIpc) is 2.91. The molecule has 0 bridgehead atoms. The van der Waals surface area contributed by atoms with E-state index >= 15 is 0 Å². The maximum absolute atomic E-state index is 12.5. The monoisotopic (exact) mass is 646 g/mol. The lowest BCUT2D eigenvalue weighted by atomic mass is 9.93. The van der Waals surface area contributed by atoms with Crippen LogP contribution in [-0.4, -0.2) is 11.0 Å². The Hall–Kier alpha value is -3.00. The molecule has 1 amide bonds. The van der Waals surface area contributed by atoms with Crippen LogP contribution in [0.2, 0.25) is 20.1 Å². The van der Waals surface area contributed by atoms with Crippen molar-refractivity contribution < 1.29 is 14.3 Å². The minimum Gasteiger partial charge on any atom is -0.457 e. The molecule has 212 valence electrons. The van der Waals surface area contributed by atoms with Gasteiger partial charge in [-0.15, -0.1) is 0 Å². The lowest BCUT2D eigenvalue weighted by Crippen LogP contribution is -2.34. The Morgan fingerprint density at radius 1 is 0.829 bits per heavy atom. The number of hydrogen-bond acceptors (Lipinski definition) is 4. The fourth-order valence-electron chi connectivity index (χ4n) is 4.25. The van der Waals surface area contributed by atoms with Crippen molar-refractivity contribution >= 4 is 75.3 Å². The summed E-state index contributed by atoms with van der Waals surface area (Å²) in [6.45, 7) is 7.98. The van der Waals surface area contributed by atoms with Crippen molar-refractivity contribution in [1.29, 1.82) is 0 Å². The van der Waals surface area contributed by atoms with Gasteiger partial charge >= 0.3 is 0 Å². The molecule has 41 heavy (non-hydrogen) atoms. The second kappa shape index (κ2) is 13.3. The SMILES string of the molecule is Cc1c(Cl)c(Oc2ccc(Cl)cc2Cl)c(C)c(C(C)C)c1Oc1ccc(NC(=S)NC(=O)c2ccccc2Cl)cc1. The van der Waals surface area contributed by atoms with Gasteiger partial charge in [0.25, 0.3) is 5.91 Å². The molecule has 0 radical (unpaired) electrons. The van der Waals surface area contributed by atoms with Crippen molar-refractivity contribution in [3.05, 3.63) is 109 Å². The van der Waals surface area contributed by atoms with Crippen LogP contribution < -0.4 is 20.1 Å². The van der Waals surface area contributed by atoms with Crippen molar-refractivity contribution in [2.75, 3.05) is 5.32 Å². The lowest BCUT2D eigenvalue weighted by molar-refractivity contribution is 0.0978. The standard InChI is InChI=1S/C31H26Cl4N2O3S/c1-16(2)26-17(3)29(40-25-14-9-19(32)15-24(25)34)27(35)18(4)28(26)39-21-12-10-20(11-13-21)36-31(41)37-30(38)22-7-5-6-8-23(22)33/h5-16H,1-4H3,(H2,36,37,38,41). The number of hydrogen-bond donors (Lipinski definition) is 2. The molecular weight excluding hydrogens is 622 g/mol. The van der Waals surface area contributed by atoms with Gasteiger partial charge in [0.1, 0.15) is 23.0 Å². The van der Waals surface area contributed by atoms with E-state index in [4.69, 9.17) is 68.1 Å². The van der Waals surface area contributed by atoms with Crippen LogP contribution in [0.25, 0.3) is 0 Å². The summed E-state index contributed by atoms with van der Waals surface area (Å²) < 4.78 is 12.6. The first-order valence-corrected chi connectivity index (χ1v) is 14.5. The number of carbonyl (C=O) groups excluding carboxylic acids is 1. The number of rotatable bonds is 7. The minimum atomic E-state index is -0.400. The van der Waals surface area contributed by atoms with Crippen molar-refractivity contribution in [3.8, 4) is 23.0 Å². The van der Waals surface area contributed by atoms with Gasteiger partial charge in [-0.2, -0.15) is 0 Å². The van der Waals surface area contributed by atoms with Crippen LogP contribution in [0.15, 0.2) is 66.7 Å². The number of halogens is 4. The summed E-state index contributed by atoms with van der Waals surface area (Å²) in [4.78, 5) is 12.5. The Bertz CT molecular complexity index is 1630. The van der Waals surface area contributed by atoms with Crippen LogP contribution in [0.3, 0.4) is 0 Å². The number of carbonyl (C=O) groups is 1. The minimum absolute atomic E-state index is 0.101. The van der Waals surface area contributed by atoms with Gasteiger partial charge in [0.15, 0.2) is 5.11 Å². The zero-order valence-electron chi connectivity index (χ0n) is 22.6. The summed E-state index contributed by atoms with van der Waals surface area (Å²) in [6.07, 6.45) is 0. The molecule has 4 aromatic carbocycles. The fourth-order valence-corrected chi connectivity index (χ4v) is 5.39. The Labute approximate surface area is 264 Å². The molecule has 0 unspecified atom stereocenters. The summed E-state index contributed by atoms with van der Waals surface area (Å²) in [5.74, 6) is 1.91. The molecule has 0 saturated carbocycles. The van der Waals surface area contributed by atoms with Crippen LogP contribution >= 0.6 is 58.6 Å². The summed E-state index contributed by atoms with van der Waals surface area (Å²) in [7, 11) is 0. The molecule has 0 heterocycles. The van der Waals surface area contributed by atoms with Crippen molar-refractivity contribution in [1.82, 2.24) is 5.32 Å². The van der Waals surface area contributed by atoms with Gasteiger partial charge in [-0.05, 0) is 86.6 Å². The van der Waals surface area contributed by atoms with E-state index in [1.807, 2.05) is 13.8 Å². The molecule has 0 aliphatic heterocycles. The molecule has 0 aliphatic rings. The summed E-state index contributed by atoms with van der Waals surface area (Å²) in [5, 5.41) is 7.43. The Morgan fingerprint density at radius 3 is 2.15 bits per heavy atom.